The van der Waals surface area contributed by atoms with Crippen molar-refractivity contribution in [2.24, 2.45) is 0 Å². The number of nitrogens with zero attached hydrogens (tertiary/aromatic N) is 2. The predicted molar refractivity (Wildman–Crippen MR) is 70.8 cm³/mol. The lowest BCUT2D eigenvalue weighted by molar-refractivity contribution is 0.0827. The summed E-state index contributed by atoms with van der Waals surface area (Å²) in [5, 5.41) is 0. The third-order valence-electron chi connectivity index (χ3n) is 2.55. The lowest BCUT2D eigenvalue weighted by atomic mass is 10.1. The van der Waals surface area contributed by atoms with Crippen LogP contribution >= 0.6 is 0 Å². The lowest BCUT2D eigenvalue weighted by Crippen LogP contribution is -2.25. The fourth-order valence-electron chi connectivity index (χ4n) is 1.44. The van der Waals surface area contributed by atoms with Gasteiger partial charge in [0, 0.05) is 33.3 Å². The van der Waals surface area contributed by atoms with Crippen molar-refractivity contribution in [3.63, 3.8) is 0 Å². The van der Waals surface area contributed by atoms with Crippen LogP contribution in [0.2, 0.25) is 0 Å². The van der Waals surface area contributed by atoms with Gasteiger partial charge in [-0.1, -0.05) is 12.1 Å². The first-order valence-corrected chi connectivity index (χ1v) is 7.28. The highest BCUT2D eigenvalue weighted by molar-refractivity contribution is 7.88. The van der Waals surface area contributed by atoms with Crippen molar-refractivity contribution in [2.75, 3.05) is 27.4 Å². The lowest BCUT2D eigenvalue weighted by Gasteiger charge is -2.15. The molecule has 100 valence electrons. The predicted octanol–water partition coefficient (Wildman–Crippen LogP) is 0.780. The van der Waals surface area contributed by atoms with Crippen LogP contribution in [0.3, 0.4) is 0 Å². The van der Waals surface area contributed by atoms with E-state index < -0.39 is 10.0 Å². The second-order valence-corrected chi connectivity index (χ2v) is 6.51. The molecular formula is C12H18N2O3S. The number of amides is 1. The van der Waals surface area contributed by atoms with Gasteiger partial charge in [0.05, 0.1) is 6.26 Å². The molecule has 0 unspecified atom stereocenters. The summed E-state index contributed by atoms with van der Waals surface area (Å²) >= 11 is 0. The van der Waals surface area contributed by atoms with Crippen LogP contribution in [0, 0.1) is 0 Å². The van der Waals surface area contributed by atoms with E-state index in [-0.39, 0.29) is 12.5 Å². The van der Waals surface area contributed by atoms with Crippen LogP contribution in [0.1, 0.15) is 15.9 Å². The number of hydrogen-bond donors (Lipinski definition) is 0. The molecule has 1 aromatic rings. The highest BCUT2D eigenvalue weighted by atomic mass is 32.2. The van der Waals surface area contributed by atoms with Crippen molar-refractivity contribution in [3.8, 4) is 0 Å². The molecule has 18 heavy (non-hydrogen) atoms. The molecule has 0 aromatic heterocycles. The van der Waals surface area contributed by atoms with E-state index in [0.29, 0.717) is 5.56 Å². The molecule has 0 aliphatic heterocycles. The number of hydrogen-bond acceptors (Lipinski definition) is 3. The Morgan fingerprint density at radius 2 is 1.83 bits per heavy atom. The Labute approximate surface area is 108 Å². The van der Waals surface area contributed by atoms with Gasteiger partial charge in [-0.2, -0.15) is 0 Å². The van der Waals surface area contributed by atoms with E-state index in [0.717, 1.165) is 11.8 Å². The number of rotatable bonds is 4. The molecule has 0 bridgehead atoms. The minimum absolute atomic E-state index is 0.0983. The standard InChI is InChI=1S/C12H18N2O3S/c1-13(2)12(15)11-7-5-6-10(8-11)9-14(3)18(4,16)17/h5-8H,9H2,1-4H3. The Kier molecular flexibility index (Phi) is 4.48. The zero-order valence-electron chi connectivity index (χ0n) is 11.0. The Morgan fingerprint density at radius 3 is 2.33 bits per heavy atom. The third kappa shape index (κ3) is 3.82. The normalized spacial score (nSPS) is 11.6. The first kappa shape index (κ1) is 14.7. The SMILES string of the molecule is CN(C)C(=O)c1cccc(CN(C)S(C)(=O)=O)c1. The van der Waals surface area contributed by atoms with Crippen molar-refractivity contribution in [1.29, 1.82) is 0 Å². The largest absolute Gasteiger partial charge is 0.345 e. The Hall–Kier alpha value is -1.40. The number of carbonyl (C=O) groups is 1. The van der Waals surface area contributed by atoms with Gasteiger partial charge in [0.15, 0.2) is 0 Å². The number of benzene rings is 1. The van der Waals surface area contributed by atoms with Gasteiger partial charge in [-0.15, -0.1) is 0 Å². The highest BCUT2D eigenvalue weighted by Crippen LogP contribution is 2.10. The van der Waals surface area contributed by atoms with Gasteiger partial charge in [-0.3, -0.25) is 4.79 Å². The molecular weight excluding hydrogens is 252 g/mol. The van der Waals surface area contributed by atoms with Gasteiger partial charge in [0.2, 0.25) is 10.0 Å². The topological polar surface area (TPSA) is 57.7 Å². The van der Waals surface area contributed by atoms with Gasteiger partial charge >= 0.3 is 0 Å². The van der Waals surface area contributed by atoms with Crippen LogP contribution in [-0.4, -0.2) is 50.9 Å². The zero-order valence-corrected chi connectivity index (χ0v) is 11.9. The molecule has 0 aliphatic rings. The fraction of sp³-hybridized carbons (Fsp3) is 0.417. The molecule has 1 rings (SSSR count). The summed E-state index contributed by atoms with van der Waals surface area (Å²) in [5.74, 6) is -0.0983. The van der Waals surface area contributed by atoms with Crippen LogP contribution in [0.4, 0.5) is 0 Å². The van der Waals surface area contributed by atoms with E-state index in [9.17, 15) is 13.2 Å². The monoisotopic (exact) mass is 270 g/mol. The van der Waals surface area contributed by atoms with Gasteiger partial charge in [0.25, 0.3) is 5.91 Å². The van der Waals surface area contributed by atoms with Crippen LogP contribution in [0.15, 0.2) is 24.3 Å². The maximum atomic E-state index is 11.8. The molecule has 0 N–H and O–H groups in total. The molecule has 0 atom stereocenters. The summed E-state index contributed by atoms with van der Waals surface area (Å²) in [6.07, 6.45) is 1.15. The van der Waals surface area contributed by atoms with E-state index in [1.165, 1.54) is 16.3 Å². The summed E-state index contributed by atoms with van der Waals surface area (Å²) < 4.78 is 23.9. The summed E-state index contributed by atoms with van der Waals surface area (Å²) in [5.41, 5.74) is 1.34. The van der Waals surface area contributed by atoms with Gasteiger partial charge in [-0.05, 0) is 17.7 Å². The van der Waals surface area contributed by atoms with Gasteiger partial charge in [0.1, 0.15) is 0 Å². The highest BCUT2D eigenvalue weighted by Gasteiger charge is 2.13. The van der Waals surface area contributed by atoms with E-state index in [4.69, 9.17) is 0 Å². The molecule has 0 saturated carbocycles. The zero-order chi connectivity index (χ0) is 13.9. The van der Waals surface area contributed by atoms with Crippen molar-refractivity contribution in [1.82, 2.24) is 9.21 Å². The quantitative estimate of drug-likeness (QED) is 0.812. The van der Waals surface area contributed by atoms with E-state index in [1.807, 2.05) is 0 Å². The maximum absolute atomic E-state index is 11.8. The average Bonchev–Trinajstić information content (AvgIpc) is 2.27. The average molecular weight is 270 g/mol. The second-order valence-electron chi connectivity index (χ2n) is 4.42. The van der Waals surface area contributed by atoms with E-state index >= 15 is 0 Å². The minimum Gasteiger partial charge on any atom is -0.345 e. The first-order valence-electron chi connectivity index (χ1n) is 5.43. The van der Waals surface area contributed by atoms with Crippen molar-refractivity contribution in [3.05, 3.63) is 35.4 Å². The molecule has 5 nitrogen and oxygen atoms in total. The molecule has 0 spiro atoms. The van der Waals surface area contributed by atoms with Crippen LogP contribution in [0.25, 0.3) is 0 Å². The fourth-order valence-corrected chi connectivity index (χ4v) is 1.82. The van der Waals surface area contributed by atoms with Gasteiger partial charge in [-0.25, -0.2) is 12.7 Å². The number of carbonyl (C=O) groups excluding carboxylic acids is 1. The molecule has 0 fully saturated rings. The Balaban J connectivity index is 2.93. The van der Waals surface area contributed by atoms with Gasteiger partial charge < -0.3 is 4.90 Å². The van der Waals surface area contributed by atoms with Crippen LogP contribution in [0.5, 0.6) is 0 Å². The third-order valence-corrected chi connectivity index (χ3v) is 3.81. The minimum atomic E-state index is -3.21. The van der Waals surface area contributed by atoms with Crippen LogP contribution < -0.4 is 0 Å². The van der Waals surface area contributed by atoms with Crippen molar-refractivity contribution in [2.45, 2.75) is 6.54 Å². The smallest absolute Gasteiger partial charge is 0.253 e. The first-order chi connectivity index (χ1) is 8.21. The molecule has 6 heteroatoms. The molecule has 1 aromatic carbocycles. The summed E-state index contributed by atoms with van der Waals surface area (Å²) in [4.78, 5) is 13.3. The van der Waals surface area contributed by atoms with Crippen molar-refractivity contribution < 1.29 is 13.2 Å². The molecule has 0 saturated heterocycles. The second kappa shape index (κ2) is 5.49. The molecule has 0 heterocycles. The Bertz CT molecular complexity index is 538. The van der Waals surface area contributed by atoms with Crippen molar-refractivity contribution >= 4 is 15.9 Å². The van der Waals surface area contributed by atoms with E-state index in [2.05, 4.69) is 0 Å². The summed E-state index contributed by atoms with van der Waals surface area (Å²) in [6, 6.07) is 6.98. The number of sulfonamides is 1. The maximum Gasteiger partial charge on any atom is 0.253 e. The molecule has 1 amide bonds. The Morgan fingerprint density at radius 1 is 1.22 bits per heavy atom. The molecule has 0 radical (unpaired) electrons. The molecule has 0 aliphatic carbocycles. The van der Waals surface area contributed by atoms with Crippen LogP contribution in [-0.2, 0) is 16.6 Å². The summed E-state index contributed by atoms with van der Waals surface area (Å²) in [7, 11) is 1.65. The summed E-state index contributed by atoms with van der Waals surface area (Å²) in [6.45, 7) is 0.257. The van der Waals surface area contributed by atoms with E-state index in [1.54, 1.807) is 38.4 Å².